The van der Waals surface area contributed by atoms with Gasteiger partial charge in [-0.3, -0.25) is 0 Å². The Kier molecular flexibility index (Phi) is 1.72. The van der Waals surface area contributed by atoms with E-state index in [0.29, 0.717) is 6.04 Å². The van der Waals surface area contributed by atoms with Gasteiger partial charge < -0.3 is 10.4 Å². The van der Waals surface area contributed by atoms with E-state index in [1.165, 1.54) is 19.0 Å². The molecule has 1 fully saturated rings. The molecule has 0 amide bonds. The van der Waals surface area contributed by atoms with Crippen LogP contribution in [0.5, 0.6) is 0 Å². The van der Waals surface area contributed by atoms with E-state index in [1.54, 1.807) is 0 Å². The average Bonchev–Trinajstić information content (AvgIpc) is 2.48. The van der Waals surface area contributed by atoms with Gasteiger partial charge >= 0.3 is 5.97 Å². The Labute approximate surface area is 53.4 Å². The number of nitrogens with one attached hydrogen (secondary N) is 1. The van der Waals surface area contributed by atoms with Crippen LogP contribution in [0.3, 0.4) is 0 Å². The highest BCUT2D eigenvalue weighted by Crippen LogP contribution is 2.18. The number of aliphatic carboxylic acids is 1. The normalized spacial score (nSPS) is 18.2. The van der Waals surface area contributed by atoms with Gasteiger partial charge in [-0.05, 0) is 12.8 Å². The molecule has 0 heterocycles. The van der Waals surface area contributed by atoms with Crippen molar-refractivity contribution < 1.29 is 9.90 Å². The third-order valence-corrected chi connectivity index (χ3v) is 1.14. The van der Waals surface area contributed by atoms with Gasteiger partial charge in [0.15, 0.2) is 0 Å². The third kappa shape index (κ3) is 2.74. The molecule has 0 radical (unpaired) electrons. The van der Waals surface area contributed by atoms with Crippen LogP contribution in [0.25, 0.3) is 0 Å². The van der Waals surface area contributed by atoms with Gasteiger partial charge in [-0.25, -0.2) is 4.79 Å². The van der Waals surface area contributed by atoms with Gasteiger partial charge in [-0.2, -0.15) is 0 Å². The standard InChI is InChI=1S/C6H9NO2/c8-6(9)3-4-7-5-1-2-5/h3-5,7H,1-2H2,(H,8,9)/b4-3+. The topological polar surface area (TPSA) is 49.3 Å². The van der Waals surface area contributed by atoms with E-state index in [1.807, 2.05) is 0 Å². The summed E-state index contributed by atoms with van der Waals surface area (Å²) in [6, 6.07) is 0.542. The van der Waals surface area contributed by atoms with E-state index in [4.69, 9.17) is 5.11 Å². The van der Waals surface area contributed by atoms with Crippen molar-refractivity contribution in [3.63, 3.8) is 0 Å². The van der Waals surface area contributed by atoms with Crippen molar-refractivity contribution in [2.45, 2.75) is 18.9 Å². The van der Waals surface area contributed by atoms with Crippen molar-refractivity contribution in [1.82, 2.24) is 5.32 Å². The van der Waals surface area contributed by atoms with Crippen LogP contribution in [0.15, 0.2) is 12.3 Å². The van der Waals surface area contributed by atoms with Crippen molar-refractivity contribution in [3.8, 4) is 0 Å². The number of carbonyl (C=O) groups is 1. The molecular formula is C6H9NO2. The number of hydrogen-bond acceptors (Lipinski definition) is 2. The number of carboxylic acid groups (broad SMARTS) is 1. The molecule has 9 heavy (non-hydrogen) atoms. The minimum Gasteiger partial charge on any atom is -0.478 e. The highest BCUT2D eigenvalue weighted by atomic mass is 16.4. The first-order chi connectivity index (χ1) is 4.29. The van der Waals surface area contributed by atoms with Crippen LogP contribution in [0.1, 0.15) is 12.8 Å². The molecule has 50 valence electrons. The quantitative estimate of drug-likeness (QED) is 0.537. The Morgan fingerprint density at radius 2 is 2.33 bits per heavy atom. The molecule has 0 aromatic carbocycles. The summed E-state index contributed by atoms with van der Waals surface area (Å²) in [6.45, 7) is 0. The molecule has 2 N–H and O–H groups in total. The summed E-state index contributed by atoms with van der Waals surface area (Å²) < 4.78 is 0. The van der Waals surface area contributed by atoms with Crippen molar-refractivity contribution in [3.05, 3.63) is 12.3 Å². The van der Waals surface area contributed by atoms with E-state index < -0.39 is 5.97 Å². The molecule has 0 spiro atoms. The molecule has 0 atom stereocenters. The predicted octanol–water partition coefficient (Wildman–Crippen LogP) is 0.337. The van der Waals surface area contributed by atoms with Crippen molar-refractivity contribution >= 4 is 5.97 Å². The van der Waals surface area contributed by atoms with Crippen LogP contribution in [0.4, 0.5) is 0 Å². The molecule has 3 nitrogen and oxygen atoms in total. The molecule has 1 aliphatic rings. The first-order valence-corrected chi connectivity index (χ1v) is 2.94. The Morgan fingerprint density at radius 1 is 1.67 bits per heavy atom. The van der Waals surface area contributed by atoms with Gasteiger partial charge in [0.25, 0.3) is 0 Å². The van der Waals surface area contributed by atoms with Crippen molar-refractivity contribution in [2.24, 2.45) is 0 Å². The zero-order valence-corrected chi connectivity index (χ0v) is 5.00. The first kappa shape index (κ1) is 6.13. The minimum atomic E-state index is -0.900. The number of carboxylic acids is 1. The van der Waals surface area contributed by atoms with Gasteiger partial charge in [-0.1, -0.05) is 0 Å². The molecule has 0 aliphatic heterocycles. The summed E-state index contributed by atoms with van der Waals surface area (Å²) in [4.78, 5) is 9.87. The Morgan fingerprint density at radius 3 is 2.78 bits per heavy atom. The second kappa shape index (κ2) is 2.53. The lowest BCUT2D eigenvalue weighted by Gasteiger charge is -1.89. The van der Waals surface area contributed by atoms with E-state index in [0.717, 1.165) is 6.08 Å². The Hall–Kier alpha value is -0.990. The maximum absolute atomic E-state index is 9.87. The zero-order chi connectivity index (χ0) is 6.69. The largest absolute Gasteiger partial charge is 0.478 e. The van der Waals surface area contributed by atoms with Crippen LogP contribution in [0, 0.1) is 0 Å². The van der Waals surface area contributed by atoms with Gasteiger partial charge in [0, 0.05) is 18.3 Å². The summed E-state index contributed by atoms with van der Waals surface area (Å²) in [5, 5.41) is 11.0. The number of rotatable bonds is 3. The fourth-order valence-corrected chi connectivity index (χ4v) is 0.505. The lowest BCUT2D eigenvalue weighted by molar-refractivity contribution is -0.131. The number of hydrogen-bond donors (Lipinski definition) is 2. The smallest absolute Gasteiger partial charge is 0.329 e. The fourth-order valence-electron chi connectivity index (χ4n) is 0.505. The molecule has 0 unspecified atom stereocenters. The molecule has 1 saturated carbocycles. The van der Waals surface area contributed by atoms with E-state index in [-0.39, 0.29) is 0 Å². The molecule has 3 heteroatoms. The van der Waals surface area contributed by atoms with Gasteiger partial charge in [-0.15, -0.1) is 0 Å². The molecule has 0 saturated heterocycles. The van der Waals surface area contributed by atoms with Crippen LogP contribution in [-0.2, 0) is 4.79 Å². The first-order valence-electron chi connectivity index (χ1n) is 2.94. The fraction of sp³-hybridized carbons (Fsp3) is 0.500. The summed E-state index contributed by atoms with van der Waals surface area (Å²) >= 11 is 0. The lowest BCUT2D eigenvalue weighted by atomic mass is 10.6. The monoisotopic (exact) mass is 127 g/mol. The highest BCUT2D eigenvalue weighted by Gasteiger charge is 2.18. The third-order valence-electron chi connectivity index (χ3n) is 1.14. The summed E-state index contributed by atoms with van der Waals surface area (Å²) in [5.41, 5.74) is 0. The predicted molar refractivity (Wildman–Crippen MR) is 32.9 cm³/mol. The van der Waals surface area contributed by atoms with Crippen LogP contribution in [-0.4, -0.2) is 17.1 Å². The van der Waals surface area contributed by atoms with Gasteiger partial charge in [0.1, 0.15) is 0 Å². The minimum absolute atomic E-state index is 0.542. The summed E-state index contributed by atoms with van der Waals surface area (Å²) in [5.74, 6) is -0.900. The van der Waals surface area contributed by atoms with Crippen molar-refractivity contribution in [2.75, 3.05) is 0 Å². The second-order valence-corrected chi connectivity index (χ2v) is 2.11. The molecule has 0 aromatic rings. The Balaban J connectivity index is 2.08. The van der Waals surface area contributed by atoms with Crippen LogP contribution >= 0.6 is 0 Å². The van der Waals surface area contributed by atoms with E-state index in [2.05, 4.69) is 5.32 Å². The average molecular weight is 127 g/mol. The summed E-state index contributed by atoms with van der Waals surface area (Å²) in [7, 11) is 0. The molecule has 1 rings (SSSR count). The maximum Gasteiger partial charge on any atom is 0.329 e. The molecule has 0 aromatic heterocycles. The molecule has 0 bridgehead atoms. The van der Waals surface area contributed by atoms with Crippen molar-refractivity contribution in [1.29, 1.82) is 0 Å². The molecular weight excluding hydrogens is 118 g/mol. The van der Waals surface area contributed by atoms with E-state index in [9.17, 15) is 4.79 Å². The summed E-state index contributed by atoms with van der Waals surface area (Å²) in [6.07, 6.45) is 4.94. The van der Waals surface area contributed by atoms with Crippen LogP contribution < -0.4 is 5.32 Å². The van der Waals surface area contributed by atoms with Gasteiger partial charge in [0.05, 0.1) is 0 Å². The van der Waals surface area contributed by atoms with Crippen LogP contribution in [0.2, 0.25) is 0 Å². The molecule has 1 aliphatic carbocycles. The zero-order valence-electron chi connectivity index (χ0n) is 5.00. The Bertz CT molecular complexity index is 138. The maximum atomic E-state index is 9.87. The second-order valence-electron chi connectivity index (χ2n) is 2.11. The van der Waals surface area contributed by atoms with Gasteiger partial charge in [0.2, 0.25) is 0 Å². The lowest BCUT2D eigenvalue weighted by Crippen LogP contribution is -2.07. The highest BCUT2D eigenvalue weighted by molar-refractivity contribution is 5.79. The SMILES string of the molecule is O=C(O)/C=C/NC1CC1. The van der Waals surface area contributed by atoms with E-state index >= 15 is 0 Å².